The molecule has 0 aromatic heterocycles. The van der Waals surface area contributed by atoms with Crippen LogP contribution in [0.25, 0.3) is 0 Å². The molecule has 4 heteroatoms. The topological polar surface area (TPSA) is 55.1 Å². The summed E-state index contributed by atoms with van der Waals surface area (Å²) in [7, 11) is 0. The van der Waals surface area contributed by atoms with Crippen molar-refractivity contribution in [1.82, 2.24) is 5.32 Å². The first-order valence-electron chi connectivity index (χ1n) is 5.56. The third-order valence-corrected chi connectivity index (χ3v) is 3.34. The molecule has 3 N–H and O–H groups in total. The fraction of sp³-hybridized carbons (Fsp3) is 0.909. The minimum Gasteiger partial charge on any atom is -0.352 e. The highest BCUT2D eigenvalue weighted by atomic mass is 32.2. The summed E-state index contributed by atoms with van der Waals surface area (Å²) in [6, 6.07) is 0.278. The first-order chi connectivity index (χ1) is 7.06. The Labute approximate surface area is 97.6 Å². The van der Waals surface area contributed by atoms with Gasteiger partial charge in [-0.1, -0.05) is 20.8 Å². The van der Waals surface area contributed by atoms with E-state index in [1.165, 1.54) is 0 Å². The number of carbonyl (C=O) groups is 1. The van der Waals surface area contributed by atoms with E-state index in [9.17, 15) is 4.79 Å². The second-order valence-corrected chi connectivity index (χ2v) is 5.07. The molecule has 2 unspecified atom stereocenters. The number of nitrogens with two attached hydrogens (primary N) is 1. The maximum Gasteiger partial charge on any atom is 0.224 e. The molecule has 0 radical (unpaired) electrons. The van der Waals surface area contributed by atoms with Crippen LogP contribution in [0.1, 0.15) is 27.2 Å². The van der Waals surface area contributed by atoms with E-state index in [0.717, 1.165) is 12.2 Å². The molecule has 0 fully saturated rings. The van der Waals surface area contributed by atoms with Crippen molar-refractivity contribution in [1.29, 1.82) is 0 Å². The molecule has 0 rings (SSSR count). The average molecular weight is 232 g/mol. The van der Waals surface area contributed by atoms with Crippen molar-refractivity contribution in [3.8, 4) is 0 Å². The van der Waals surface area contributed by atoms with E-state index in [2.05, 4.69) is 18.5 Å². The summed E-state index contributed by atoms with van der Waals surface area (Å²) in [5, 5.41) is 3.06. The highest BCUT2D eigenvalue weighted by Gasteiger charge is 2.22. The minimum absolute atomic E-state index is 0.0547. The molecular formula is C11H24N2OS. The average Bonchev–Trinajstić information content (AvgIpc) is 2.17. The van der Waals surface area contributed by atoms with Gasteiger partial charge in [-0.3, -0.25) is 4.79 Å². The Kier molecular flexibility index (Phi) is 7.88. The predicted octanol–water partition coefficient (Wildman–Crippen LogP) is 1.48. The summed E-state index contributed by atoms with van der Waals surface area (Å²) in [5.74, 6) is 1.33. The van der Waals surface area contributed by atoms with Crippen LogP contribution in [-0.4, -0.2) is 30.5 Å². The SMILES string of the molecule is CCC(CSC)NC(=O)C(CN)C(C)C. The first kappa shape index (κ1) is 14.8. The number of hydrogen-bond donors (Lipinski definition) is 2. The summed E-state index contributed by atoms with van der Waals surface area (Å²) in [5.41, 5.74) is 5.60. The number of carbonyl (C=O) groups excluding carboxylic acids is 1. The van der Waals surface area contributed by atoms with Gasteiger partial charge < -0.3 is 11.1 Å². The zero-order chi connectivity index (χ0) is 11.8. The molecule has 0 spiro atoms. The zero-order valence-corrected chi connectivity index (χ0v) is 11.1. The normalized spacial score (nSPS) is 15.1. The van der Waals surface area contributed by atoms with Crippen LogP contribution in [0.5, 0.6) is 0 Å². The van der Waals surface area contributed by atoms with Gasteiger partial charge in [0.05, 0.1) is 5.92 Å². The van der Waals surface area contributed by atoms with E-state index in [1.54, 1.807) is 11.8 Å². The van der Waals surface area contributed by atoms with Gasteiger partial charge in [0.2, 0.25) is 5.91 Å². The maximum atomic E-state index is 11.9. The van der Waals surface area contributed by atoms with Gasteiger partial charge in [-0.2, -0.15) is 11.8 Å². The fourth-order valence-electron chi connectivity index (χ4n) is 1.45. The molecule has 1 amide bonds. The molecule has 2 atom stereocenters. The predicted molar refractivity (Wildman–Crippen MR) is 68.0 cm³/mol. The quantitative estimate of drug-likeness (QED) is 0.699. The Hall–Kier alpha value is -0.220. The van der Waals surface area contributed by atoms with E-state index in [4.69, 9.17) is 5.73 Å². The standard InChI is InChI=1S/C11H24N2OS/c1-5-9(7-15-4)13-11(14)10(6-12)8(2)3/h8-10H,5-7,12H2,1-4H3,(H,13,14). The van der Waals surface area contributed by atoms with Crippen LogP contribution >= 0.6 is 11.8 Å². The number of thioether (sulfide) groups is 1. The molecular weight excluding hydrogens is 208 g/mol. The van der Waals surface area contributed by atoms with E-state index >= 15 is 0 Å². The minimum atomic E-state index is -0.0547. The van der Waals surface area contributed by atoms with Crippen LogP contribution < -0.4 is 11.1 Å². The lowest BCUT2D eigenvalue weighted by Gasteiger charge is -2.22. The van der Waals surface area contributed by atoms with Crippen LogP contribution in [0.15, 0.2) is 0 Å². The van der Waals surface area contributed by atoms with Crippen molar-refractivity contribution >= 4 is 17.7 Å². The number of amides is 1. The summed E-state index contributed by atoms with van der Waals surface area (Å²) < 4.78 is 0. The van der Waals surface area contributed by atoms with Gasteiger partial charge in [0.15, 0.2) is 0 Å². The van der Waals surface area contributed by atoms with E-state index in [1.807, 2.05) is 13.8 Å². The molecule has 15 heavy (non-hydrogen) atoms. The van der Waals surface area contributed by atoms with Gasteiger partial charge in [0.1, 0.15) is 0 Å². The molecule has 3 nitrogen and oxygen atoms in total. The number of hydrogen-bond acceptors (Lipinski definition) is 3. The Morgan fingerprint density at radius 2 is 2.07 bits per heavy atom. The molecule has 0 aliphatic carbocycles. The molecule has 90 valence electrons. The Morgan fingerprint density at radius 1 is 1.47 bits per heavy atom. The lowest BCUT2D eigenvalue weighted by molar-refractivity contribution is -0.126. The van der Waals surface area contributed by atoms with Crippen LogP contribution in [0.3, 0.4) is 0 Å². The second-order valence-electron chi connectivity index (χ2n) is 4.16. The molecule has 0 aliphatic heterocycles. The van der Waals surface area contributed by atoms with Crippen LogP contribution in [0, 0.1) is 11.8 Å². The highest BCUT2D eigenvalue weighted by molar-refractivity contribution is 7.98. The van der Waals surface area contributed by atoms with Gasteiger partial charge in [0.25, 0.3) is 0 Å². The van der Waals surface area contributed by atoms with E-state index < -0.39 is 0 Å². The van der Waals surface area contributed by atoms with Crippen molar-refractivity contribution in [2.75, 3.05) is 18.6 Å². The van der Waals surface area contributed by atoms with Gasteiger partial charge in [-0.05, 0) is 18.6 Å². The molecule has 0 heterocycles. The summed E-state index contributed by atoms with van der Waals surface area (Å²) in [4.78, 5) is 11.9. The fourth-order valence-corrected chi connectivity index (χ4v) is 2.17. The monoisotopic (exact) mass is 232 g/mol. The zero-order valence-electron chi connectivity index (χ0n) is 10.2. The van der Waals surface area contributed by atoms with Crippen molar-refractivity contribution < 1.29 is 4.79 Å². The van der Waals surface area contributed by atoms with Crippen molar-refractivity contribution in [3.05, 3.63) is 0 Å². The highest BCUT2D eigenvalue weighted by Crippen LogP contribution is 2.10. The number of nitrogens with one attached hydrogen (secondary N) is 1. The lowest BCUT2D eigenvalue weighted by Crippen LogP contribution is -2.43. The molecule has 0 aromatic carbocycles. The van der Waals surface area contributed by atoms with Gasteiger partial charge in [-0.25, -0.2) is 0 Å². The summed E-state index contributed by atoms with van der Waals surface area (Å²) in [6.45, 7) is 6.59. The molecule has 0 saturated heterocycles. The third kappa shape index (κ3) is 5.42. The van der Waals surface area contributed by atoms with E-state index in [-0.39, 0.29) is 17.9 Å². The van der Waals surface area contributed by atoms with Gasteiger partial charge in [0, 0.05) is 18.3 Å². The summed E-state index contributed by atoms with van der Waals surface area (Å²) >= 11 is 1.76. The van der Waals surface area contributed by atoms with Crippen molar-refractivity contribution in [2.24, 2.45) is 17.6 Å². The van der Waals surface area contributed by atoms with E-state index in [0.29, 0.717) is 12.5 Å². The van der Waals surface area contributed by atoms with Gasteiger partial charge in [-0.15, -0.1) is 0 Å². The maximum absolute atomic E-state index is 11.9. The molecule has 0 aromatic rings. The molecule has 0 saturated carbocycles. The third-order valence-electron chi connectivity index (χ3n) is 2.60. The number of rotatable bonds is 7. The van der Waals surface area contributed by atoms with Crippen molar-refractivity contribution in [3.63, 3.8) is 0 Å². The van der Waals surface area contributed by atoms with Gasteiger partial charge >= 0.3 is 0 Å². The Balaban J connectivity index is 4.18. The molecule has 0 aliphatic rings. The van der Waals surface area contributed by atoms with Crippen molar-refractivity contribution in [2.45, 2.75) is 33.2 Å². The second kappa shape index (κ2) is 7.99. The molecule has 0 bridgehead atoms. The Bertz CT molecular complexity index is 185. The summed E-state index contributed by atoms with van der Waals surface area (Å²) in [6.07, 6.45) is 3.03. The smallest absolute Gasteiger partial charge is 0.224 e. The largest absolute Gasteiger partial charge is 0.352 e. The van der Waals surface area contributed by atoms with Crippen LogP contribution in [-0.2, 0) is 4.79 Å². The lowest BCUT2D eigenvalue weighted by atomic mass is 9.95. The van der Waals surface area contributed by atoms with Crippen LogP contribution in [0.2, 0.25) is 0 Å². The first-order valence-corrected chi connectivity index (χ1v) is 6.95. The van der Waals surface area contributed by atoms with Crippen LogP contribution in [0.4, 0.5) is 0 Å². The Morgan fingerprint density at radius 3 is 2.40 bits per heavy atom.